The van der Waals surface area contributed by atoms with Gasteiger partial charge in [0.05, 0.1) is 0 Å². The molecule has 0 N–H and O–H groups in total. The van der Waals surface area contributed by atoms with E-state index >= 15 is 0 Å². The first-order valence-electron chi connectivity index (χ1n) is 26.1. The summed E-state index contributed by atoms with van der Waals surface area (Å²) < 4.78 is 0. The fraction of sp³-hybridized carbons (Fsp3) is 0.531. The lowest BCUT2D eigenvalue weighted by Gasteiger charge is -2.76. The SMILES string of the molecule is CC1(C)CCC(C)(C)c2cc(-c3ccc4c(c3)C3(c5cc(N(c6ccc7c(c6)C(C)(C)CCC7(C)C)c6ccc7c(c6)C(C)(C)CCC7(C)C)ccc5-4)C4CC5CC6CC3C64C5)ccc21. The molecular weight excluding hydrogens is 783 g/mol. The number of benzene rings is 5. The molecular formula is C64H75N. The summed E-state index contributed by atoms with van der Waals surface area (Å²) in [7, 11) is 0. The molecule has 2 spiro atoms. The lowest BCUT2D eigenvalue weighted by Crippen LogP contribution is -2.73. The summed E-state index contributed by atoms with van der Waals surface area (Å²) in [4.78, 5) is 2.69. The molecule has 0 aromatic heterocycles. The summed E-state index contributed by atoms with van der Waals surface area (Å²) in [6.07, 6.45) is 13.2. The molecule has 6 atom stereocenters. The van der Waals surface area contributed by atoms with E-state index in [1.165, 1.54) is 126 Å². The molecule has 1 heteroatoms. The molecule has 0 aliphatic heterocycles. The van der Waals surface area contributed by atoms with E-state index in [0.717, 1.165) is 23.7 Å². The summed E-state index contributed by atoms with van der Waals surface area (Å²) >= 11 is 0. The van der Waals surface area contributed by atoms with Gasteiger partial charge < -0.3 is 4.90 Å². The summed E-state index contributed by atoms with van der Waals surface area (Å²) in [5.41, 5.74) is 24.0. The van der Waals surface area contributed by atoms with Crippen molar-refractivity contribution in [1.29, 1.82) is 0 Å². The van der Waals surface area contributed by atoms with E-state index < -0.39 is 0 Å². The number of hydrogen-bond donors (Lipinski definition) is 0. The third-order valence-electron chi connectivity index (χ3n) is 21.3. The number of nitrogens with zero attached hydrogens (tertiary/aromatic N) is 1. The molecule has 1 nitrogen and oxygen atoms in total. The quantitative estimate of drug-likeness (QED) is 0.174. The van der Waals surface area contributed by atoms with E-state index in [0.29, 0.717) is 5.41 Å². The highest BCUT2D eigenvalue weighted by Gasteiger charge is 2.84. The van der Waals surface area contributed by atoms with Crippen LogP contribution >= 0.6 is 0 Å². The first kappa shape index (κ1) is 41.1. The molecule has 0 heterocycles. The van der Waals surface area contributed by atoms with Crippen molar-refractivity contribution in [2.24, 2.45) is 29.1 Å². The third-order valence-corrected chi connectivity index (χ3v) is 21.3. The predicted octanol–water partition coefficient (Wildman–Crippen LogP) is 17.2. The summed E-state index contributed by atoms with van der Waals surface area (Å²) in [5, 5.41) is 0. The van der Waals surface area contributed by atoms with Gasteiger partial charge in [-0.25, -0.2) is 0 Å². The molecule has 4 saturated carbocycles. The largest absolute Gasteiger partial charge is 0.310 e. The summed E-state index contributed by atoms with van der Waals surface area (Å²) in [6, 6.07) is 38.4. The van der Waals surface area contributed by atoms with Crippen LogP contribution in [0.2, 0.25) is 0 Å². The van der Waals surface area contributed by atoms with E-state index in [1.807, 2.05) is 0 Å². The van der Waals surface area contributed by atoms with Crippen LogP contribution in [0.15, 0.2) is 91.0 Å². The van der Waals surface area contributed by atoms with Crippen LogP contribution in [0, 0.1) is 29.1 Å². The molecule has 8 aliphatic rings. The summed E-state index contributed by atoms with van der Waals surface area (Å²) in [5.74, 6) is 3.37. The van der Waals surface area contributed by atoms with Crippen LogP contribution in [0.5, 0.6) is 0 Å². The Morgan fingerprint density at radius 3 is 1.25 bits per heavy atom. The first-order valence-corrected chi connectivity index (χ1v) is 26.1. The molecule has 8 aliphatic carbocycles. The minimum atomic E-state index is 0.0905. The van der Waals surface area contributed by atoms with Crippen LogP contribution in [0.25, 0.3) is 22.3 Å². The third kappa shape index (κ3) is 5.18. The molecule has 336 valence electrons. The minimum absolute atomic E-state index is 0.0905. The Bertz CT molecular complexity index is 2810. The predicted molar refractivity (Wildman–Crippen MR) is 273 cm³/mol. The zero-order chi connectivity index (χ0) is 45.2. The van der Waals surface area contributed by atoms with E-state index in [9.17, 15) is 0 Å². The van der Waals surface area contributed by atoms with Crippen molar-refractivity contribution in [3.8, 4) is 22.3 Å². The van der Waals surface area contributed by atoms with Crippen molar-refractivity contribution >= 4 is 17.1 Å². The van der Waals surface area contributed by atoms with Crippen molar-refractivity contribution in [3.05, 3.63) is 136 Å². The van der Waals surface area contributed by atoms with Gasteiger partial charge in [0.15, 0.2) is 0 Å². The zero-order valence-electron chi connectivity index (χ0n) is 42.0. The average Bonchev–Trinajstić information content (AvgIpc) is 3.89. The Balaban J connectivity index is 1.00. The Labute approximate surface area is 392 Å². The van der Waals surface area contributed by atoms with Crippen LogP contribution in [0.4, 0.5) is 17.1 Å². The molecule has 0 saturated heterocycles. The average molecular weight is 858 g/mol. The van der Waals surface area contributed by atoms with Gasteiger partial charge in [-0.2, -0.15) is 0 Å². The minimum Gasteiger partial charge on any atom is -0.310 e. The fourth-order valence-electron chi connectivity index (χ4n) is 17.3. The molecule has 13 rings (SSSR count). The Kier molecular flexibility index (Phi) is 7.91. The van der Waals surface area contributed by atoms with Crippen molar-refractivity contribution in [2.75, 3.05) is 4.90 Å². The molecule has 0 amide bonds. The molecule has 2 bridgehead atoms. The van der Waals surface area contributed by atoms with Gasteiger partial charge in [0.25, 0.3) is 0 Å². The molecule has 5 aromatic rings. The highest BCUT2D eigenvalue weighted by atomic mass is 15.1. The van der Waals surface area contributed by atoms with Crippen LogP contribution in [0.1, 0.15) is 192 Å². The highest BCUT2D eigenvalue weighted by molar-refractivity contribution is 5.89. The normalized spacial score (nSPS) is 31.9. The lowest BCUT2D eigenvalue weighted by atomic mass is 9.27. The molecule has 0 radical (unpaired) electrons. The van der Waals surface area contributed by atoms with Crippen LogP contribution in [-0.4, -0.2) is 0 Å². The molecule has 6 unspecified atom stereocenters. The van der Waals surface area contributed by atoms with Crippen molar-refractivity contribution in [3.63, 3.8) is 0 Å². The Hall–Kier alpha value is -4.10. The number of fused-ring (bicyclic) bond motifs is 11. The van der Waals surface area contributed by atoms with Gasteiger partial charge in [-0.3, -0.25) is 0 Å². The van der Waals surface area contributed by atoms with Gasteiger partial charge in [0.2, 0.25) is 0 Å². The van der Waals surface area contributed by atoms with Crippen LogP contribution in [0.3, 0.4) is 0 Å². The number of hydrogen-bond acceptors (Lipinski definition) is 1. The van der Waals surface area contributed by atoms with E-state index in [-0.39, 0.29) is 37.9 Å². The van der Waals surface area contributed by atoms with Gasteiger partial charge in [-0.15, -0.1) is 0 Å². The van der Waals surface area contributed by atoms with Gasteiger partial charge in [0.1, 0.15) is 0 Å². The standard InChI is InChI=1S/C64H75N/c1-57(2)23-26-60(7,8)52-32-40(14-20-47(52)57)39-13-18-45-46-19-15-42(34-51(46)64(50(45)31-39)55-30-38-29-41-33-56(64)63(41,55)37-38)65(43-16-21-48-53(35-43)61(9,10)27-24-58(48,3)4)44-17-22-49-54(36-44)62(11,12)28-25-59(49,5)6/h13-22,31-32,34-36,38,41,55-56H,23-30,33,37H2,1-12H3. The maximum absolute atomic E-state index is 2.74. The second-order valence-electron chi connectivity index (χ2n) is 27.4. The molecule has 65 heavy (non-hydrogen) atoms. The second-order valence-corrected chi connectivity index (χ2v) is 27.4. The molecule has 4 fully saturated rings. The topological polar surface area (TPSA) is 3.24 Å². The number of rotatable bonds is 4. The lowest BCUT2D eigenvalue weighted by molar-refractivity contribution is -0.231. The Morgan fingerprint density at radius 2 is 0.738 bits per heavy atom. The monoisotopic (exact) mass is 858 g/mol. The van der Waals surface area contributed by atoms with Gasteiger partial charge in [0, 0.05) is 22.5 Å². The van der Waals surface area contributed by atoms with E-state index in [2.05, 4.69) is 179 Å². The smallest absolute Gasteiger partial charge is 0.0465 e. The van der Waals surface area contributed by atoms with Crippen LogP contribution in [-0.2, 0) is 37.9 Å². The van der Waals surface area contributed by atoms with Crippen molar-refractivity contribution in [2.45, 2.75) is 185 Å². The zero-order valence-corrected chi connectivity index (χ0v) is 42.0. The second kappa shape index (κ2) is 12.5. The van der Waals surface area contributed by atoms with E-state index in [1.54, 1.807) is 22.3 Å². The van der Waals surface area contributed by atoms with Crippen LogP contribution < -0.4 is 4.90 Å². The maximum Gasteiger partial charge on any atom is 0.0465 e. The maximum atomic E-state index is 2.74. The molecule has 5 aromatic carbocycles. The van der Waals surface area contributed by atoms with Crippen molar-refractivity contribution < 1.29 is 0 Å². The van der Waals surface area contributed by atoms with E-state index in [4.69, 9.17) is 0 Å². The van der Waals surface area contributed by atoms with Gasteiger partial charge in [-0.1, -0.05) is 132 Å². The fourth-order valence-corrected chi connectivity index (χ4v) is 17.3. The van der Waals surface area contributed by atoms with Gasteiger partial charge in [-0.05, 0) is 235 Å². The highest BCUT2D eigenvalue weighted by Crippen LogP contribution is 2.89. The van der Waals surface area contributed by atoms with Gasteiger partial charge >= 0.3 is 0 Å². The number of anilines is 3. The summed E-state index contributed by atoms with van der Waals surface area (Å²) in [6.45, 7) is 29.7. The van der Waals surface area contributed by atoms with Crippen molar-refractivity contribution in [1.82, 2.24) is 0 Å². The first-order chi connectivity index (χ1) is 30.6. The Morgan fingerprint density at radius 1 is 0.369 bits per heavy atom.